The molecule has 0 fully saturated rings. The van der Waals surface area contributed by atoms with Crippen LogP contribution in [0.15, 0.2) is 42.9 Å². The number of aromatic nitrogens is 2. The van der Waals surface area contributed by atoms with Crippen molar-refractivity contribution >= 4 is 0 Å². The van der Waals surface area contributed by atoms with Crippen LogP contribution < -0.4 is 0 Å². The molecule has 19 heavy (non-hydrogen) atoms. The Bertz CT molecular complexity index is 560. The van der Waals surface area contributed by atoms with E-state index in [0.29, 0.717) is 5.69 Å². The first kappa shape index (κ1) is 13.2. The minimum Gasteiger partial charge on any atom is -0.295 e. The summed E-state index contributed by atoms with van der Waals surface area (Å²) in [4.78, 5) is 10.4. The van der Waals surface area contributed by atoms with Crippen molar-refractivity contribution in [1.29, 1.82) is 5.26 Å². The lowest BCUT2D eigenvalue weighted by Gasteiger charge is -2.20. The summed E-state index contributed by atoms with van der Waals surface area (Å²) < 4.78 is 0. The molecule has 0 atom stereocenters. The maximum Gasteiger partial charge on any atom is 0.144 e. The van der Waals surface area contributed by atoms with E-state index in [-0.39, 0.29) is 0 Å². The normalized spacial score (nSPS) is 10.4. The highest BCUT2D eigenvalue weighted by molar-refractivity contribution is 5.30. The summed E-state index contributed by atoms with van der Waals surface area (Å²) in [6, 6.07) is 9.99. The van der Waals surface area contributed by atoms with E-state index in [1.54, 1.807) is 18.6 Å². The van der Waals surface area contributed by atoms with Gasteiger partial charge in [-0.2, -0.15) is 5.26 Å². The molecule has 0 aliphatic carbocycles. The van der Waals surface area contributed by atoms with Crippen LogP contribution in [0.3, 0.4) is 0 Å². The van der Waals surface area contributed by atoms with Crippen LogP contribution in [0.5, 0.6) is 0 Å². The number of nitrogens with zero attached hydrogens (tertiary/aromatic N) is 4. The maximum atomic E-state index is 9.05. The number of pyridine rings is 2. The quantitative estimate of drug-likeness (QED) is 0.819. The maximum absolute atomic E-state index is 9.05. The topological polar surface area (TPSA) is 52.8 Å². The van der Waals surface area contributed by atoms with E-state index in [0.717, 1.165) is 25.2 Å². The molecule has 0 aliphatic rings. The lowest BCUT2D eigenvalue weighted by atomic mass is 10.1. The lowest BCUT2D eigenvalue weighted by Crippen LogP contribution is -2.23. The molecule has 0 radical (unpaired) electrons. The van der Waals surface area contributed by atoms with Crippen molar-refractivity contribution < 1.29 is 0 Å². The van der Waals surface area contributed by atoms with Crippen molar-refractivity contribution in [3.8, 4) is 6.07 Å². The van der Waals surface area contributed by atoms with Gasteiger partial charge in [0.2, 0.25) is 0 Å². The number of nitriles is 1. The fourth-order valence-corrected chi connectivity index (χ4v) is 1.93. The summed E-state index contributed by atoms with van der Waals surface area (Å²) in [7, 11) is 0. The molecule has 0 saturated carbocycles. The first-order valence-corrected chi connectivity index (χ1v) is 6.28. The lowest BCUT2D eigenvalue weighted by molar-refractivity contribution is 0.271. The highest BCUT2D eigenvalue weighted by Gasteiger charge is 2.08. The highest BCUT2D eigenvalue weighted by Crippen LogP contribution is 2.11. The Morgan fingerprint density at radius 1 is 1.16 bits per heavy atom. The molecular formula is C15H16N4. The average Bonchev–Trinajstić information content (AvgIpc) is 2.48. The molecule has 2 aromatic heterocycles. The Morgan fingerprint density at radius 3 is 2.63 bits per heavy atom. The van der Waals surface area contributed by atoms with Crippen LogP contribution in [0.4, 0.5) is 0 Å². The van der Waals surface area contributed by atoms with Crippen molar-refractivity contribution in [3.63, 3.8) is 0 Å². The molecule has 4 heteroatoms. The molecule has 96 valence electrons. The highest BCUT2D eigenvalue weighted by atomic mass is 15.1. The van der Waals surface area contributed by atoms with Crippen molar-refractivity contribution in [1.82, 2.24) is 14.9 Å². The van der Waals surface area contributed by atoms with Gasteiger partial charge in [-0.15, -0.1) is 0 Å². The third-order valence-electron chi connectivity index (χ3n) is 2.99. The van der Waals surface area contributed by atoms with E-state index in [2.05, 4.69) is 27.9 Å². The number of hydrogen-bond donors (Lipinski definition) is 0. The molecule has 0 aromatic carbocycles. The van der Waals surface area contributed by atoms with E-state index in [4.69, 9.17) is 5.26 Å². The van der Waals surface area contributed by atoms with Crippen LogP contribution in [-0.2, 0) is 13.1 Å². The Labute approximate surface area is 113 Å². The molecule has 0 saturated heterocycles. The molecule has 2 aromatic rings. The van der Waals surface area contributed by atoms with Crippen LogP contribution in [0.25, 0.3) is 0 Å². The van der Waals surface area contributed by atoms with Gasteiger partial charge in [0.25, 0.3) is 0 Å². The second-order valence-electron chi connectivity index (χ2n) is 4.28. The van der Waals surface area contributed by atoms with Crippen LogP contribution in [0.1, 0.15) is 23.7 Å². The van der Waals surface area contributed by atoms with Gasteiger partial charge in [-0.3, -0.25) is 9.88 Å². The second kappa shape index (κ2) is 6.62. The number of rotatable bonds is 5. The molecule has 0 amide bonds. The van der Waals surface area contributed by atoms with Crippen molar-refractivity contribution in [2.24, 2.45) is 0 Å². The van der Waals surface area contributed by atoms with Gasteiger partial charge in [0, 0.05) is 37.2 Å². The summed E-state index contributed by atoms with van der Waals surface area (Å²) in [5.74, 6) is 0. The molecular weight excluding hydrogens is 236 g/mol. The predicted molar refractivity (Wildman–Crippen MR) is 73.0 cm³/mol. The fourth-order valence-electron chi connectivity index (χ4n) is 1.93. The Hall–Kier alpha value is -2.25. The molecule has 4 nitrogen and oxygen atoms in total. The smallest absolute Gasteiger partial charge is 0.144 e. The van der Waals surface area contributed by atoms with Gasteiger partial charge in [0.15, 0.2) is 0 Å². The van der Waals surface area contributed by atoms with Crippen LogP contribution in [-0.4, -0.2) is 21.4 Å². The first-order valence-electron chi connectivity index (χ1n) is 6.28. The molecule has 0 bridgehead atoms. The van der Waals surface area contributed by atoms with Crippen molar-refractivity contribution in [3.05, 3.63) is 59.7 Å². The van der Waals surface area contributed by atoms with Gasteiger partial charge >= 0.3 is 0 Å². The first-order chi connectivity index (χ1) is 9.33. The van der Waals surface area contributed by atoms with E-state index in [9.17, 15) is 0 Å². The predicted octanol–water partition coefficient (Wildman–Crippen LogP) is 2.37. The van der Waals surface area contributed by atoms with E-state index in [1.807, 2.05) is 24.3 Å². The van der Waals surface area contributed by atoms with Crippen LogP contribution in [0.2, 0.25) is 0 Å². The SMILES string of the molecule is CCN(Cc1ccncc1)Cc1cccnc1C#N. The largest absolute Gasteiger partial charge is 0.295 e. The number of hydrogen-bond acceptors (Lipinski definition) is 4. The Morgan fingerprint density at radius 2 is 1.95 bits per heavy atom. The van der Waals surface area contributed by atoms with Gasteiger partial charge in [0.05, 0.1) is 0 Å². The van der Waals surface area contributed by atoms with Gasteiger partial charge < -0.3 is 0 Å². The van der Waals surface area contributed by atoms with Crippen LogP contribution >= 0.6 is 0 Å². The van der Waals surface area contributed by atoms with E-state index in [1.165, 1.54) is 5.56 Å². The Balaban J connectivity index is 2.09. The molecule has 2 rings (SSSR count). The fraction of sp³-hybridized carbons (Fsp3) is 0.267. The van der Waals surface area contributed by atoms with Crippen LogP contribution in [0, 0.1) is 11.3 Å². The third kappa shape index (κ3) is 3.60. The van der Waals surface area contributed by atoms with Gasteiger partial charge in [0.1, 0.15) is 11.8 Å². The summed E-state index contributed by atoms with van der Waals surface area (Å²) in [5.41, 5.74) is 2.70. The second-order valence-corrected chi connectivity index (χ2v) is 4.28. The van der Waals surface area contributed by atoms with Gasteiger partial charge in [-0.25, -0.2) is 4.98 Å². The zero-order valence-corrected chi connectivity index (χ0v) is 11.0. The minimum absolute atomic E-state index is 0.510. The minimum atomic E-state index is 0.510. The molecule has 2 heterocycles. The van der Waals surface area contributed by atoms with E-state index < -0.39 is 0 Å². The summed E-state index contributed by atoms with van der Waals surface area (Å²) in [6.07, 6.45) is 5.25. The molecule has 0 N–H and O–H groups in total. The standard InChI is InChI=1S/C15H16N4/c1-2-19(11-13-5-8-17-9-6-13)12-14-4-3-7-18-15(14)10-16/h3-9H,2,11-12H2,1H3. The summed E-state index contributed by atoms with van der Waals surface area (Å²) in [6.45, 7) is 4.61. The van der Waals surface area contributed by atoms with Gasteiger partial charge in [-0.05, 0) is 30.3 Å². The van der Waals surface area contributed by atoms with E-state index >= 15 is 0 Å². The molecule has 0 aliphatic heterocycles. The third-order valence-corrected chi connectivity index (χ3v) is 2.99. The zero-order chi connectivity index (χ0) is 13.5. The average molecular weight is 252 g/mol. The Kier molecular flexibility index (Phi) is 4.60. The molecule has 0 unspecified atom stereocenters. The van der Waals surface area contributed by atoms with Gasteiger partial charge in [-0.1, -0.05) is 13.0 Å². The summed E-state index contributed by atoms with van der Waals surface area (Å²) >= 11 is 0. The van der Waals surface area contributed by atoms with Crippen molar-refractivity contribution in [2.45, 2.75) is 20.0 Å². The molecule has 0 spiro atoms. The summed E-state index contributed by atoms with van der Waals surface area (Å²) in [5, 5.41) is 9.05. The zero-order valence-electron chi connectivity index (χ0n) is 11.0. The monoisotopic (exact) mass is 252 g/mol. The van der Waals surface area contributed by atoms with Crippen molar-refractivity contribution in [2.75, 3.05) is 6.54 Å².